The molecule has 1 N–H and O–H groups in total. The summed E-state index contributed by atoms with van der Waals surface area (Å²) in [6.07, 6.45) is 2.24. The molecule has 0 radical (unpaired) electrons. The number of likely N-dealkylation sites (tertiary alicyclic amines) is 1. The van der Waals surface area contributed by atoms with Crippen molar-refractivity contribution in [1.82, 2.24) is 10.2 Å². The Morgan fingerprint density at radius 2 is 2.14 bits per heavy atom. The predicted molar refractivity (Wildman–Crippen MR) is 83.1 cm³/mol. The Kier molecular flexibility index (Phi) is 5.46. The van der Waals surface area contributed by atoms with E-state index < -0.39 is 0 Å². The van der Waals surface area contributed by atoms with Crippen LogP contribution >= 0.6 is 11.6 Å². The van der Waals surface area contributed by atoms with Gasteiger partial charge in [-0.3, -0.25) is 0 Å². The third-order valence-corrected chi connectivity index (χ3v) is 4.19. The van der Waals surface area contributed by atoms with Crippen molar-refractivity contribution in [3.63, 3.8) is 0 Å². The van der Waals surface area contributed by atoms with Crippen molar-refractivity contribution >= 4 is 17.6 Å². The molecule has 1 heterocycles. The molecule has 1 atom stereocenters. The van der Waals surface area contributed by atoms with Gasteiger partial charge in [0.05, 0.1) is 6.07 Å². The van der Waals surface area contributed by atoms with Crippen LogP contribution in [0, 0.1) is 17.2 Å². The van der Waals surface area contributed by atoms with Gasteiger partial charge in [0.15, 0.2) is 0 Å². The molecular weight excluding hydrogens is 286 g/mol. The summed E-state index contributed by atoms with van der Waals surface area (Å²) >= 11 is 6.13. The van der Waals surface area contributed by atoms with E-state index in [1.807, 2.05) is 31.2 Å². The van der Waals surface area contributed by atoms with Gasteiger partial charge in [-0.1, -0.05) is 29.8 Å². The summed E-state index contributed by atoms with van der Waals surface area (Å²) in [5.74, 6) is 0.0922. The highest BCUT2D eigenvalue weighted by molar-refractivity contribution is 6.31. The number of nitriles is 1. The Hall–Kier alpha value is -1.73. The van der Waals surface area contributed by atoms with Crippen LogP contribution in [0.3, 0.4) is 0 Å². The molecule has 1 aliphatic heterocycles. The minimum atomic E-state index is -0.0501. The molecule has 0 spiro atoms. The maximum absolute atomic E-state index is 12.2. The zero-order valence-electron chi connectivity index (χ0n) is 12.2. The smallest absolute Gasteiger partial charge is 0.317 e. The molecule has 2 amide bonds. The van der Waals surface area contributed by atoms with E-state index in [1.165, 1.54) is 0 Å². The lowest BCUT2D eigenvalue weighted by Crippen LogP contribution is -2.47. The first-order chi connectivity index (χ1) is 10.1. The molecule has 1 aromatic rings. The first-order valence-electron chi connectivity index (χ1n) is 7.28. The monoisotopic (exact) mass is 305 g/mol. The topological polar surface area (TPSA) is 56.1 Å². The van der Waals surface area contributed by atoms with E-state index in [-0.39, 0.29) is 18.0 Å². The molecule has 0 unspecified atom stereocenters. The molecule has 21 heavy (non-hydrogen) atoms. The third kappa shape index (κ3) is 4.37. The van der Waals surface area contributed by atoms with E-state index in [4.69, 9.17) is 16.9 Å². The average Bonchev–Trinajstić information content (AvgIpc) is 2.49. The van der Waals surface area contributed by atoms with Gasteiger partial charge < -0.3 is 10.2 Å². The van der Waals surface area contributed by atoms with Crippen LogP contribution in [0.1, 0.15) is 25.3 Å². The van der Waals surface area contributed by atoms with Crippen LogP contribution < -0.4 is 5.32 Å². The third-order valence-electron chi connectivity index (χ3n) is 3.82. The molecule has 2 rings (SSSR count). The van der Waals surface area contributed by atoms with E-state index in [0.717, 1.165) is 23.4 Å². The number of nitrogens with zero attached hydrogens (tertiary/aromatic N) is 2. The summed E-state index contributed by atoms with van der Waals surface area (Å²) < 4.78 is 0. The molecule has 1 saturated heterocycles. The molecule has 5 heteroatoms. The number of halogens is 1. The van der Waals surface area contributed by atoms with E-state index >= 15 is 0 Å². The fourth-order valence-electron chi connectivity index (χ4n) is 2.56. The Morgan fingerprint density at radius 3 is 2.76 bits per heavy atom. The second-order valence-electron chi connectivity index (χ2n) is 5.54. The Bertz CT molecular complexity index is 533. The van der Waals surface area contributed by atoms with Gasteiger partial charge in [0.25, 0.3) is 0 Å². The van der Waals surface area contributed by atoms with Crippen LogP contribution in [0.25, 0.3) is 0 Å². The van der Waals surface area contributed by atoms with Gasteiger partial charge in [0, 0.05) is 30.1 Å². The fourth-order valence-corrected chi connectivity index (χ4v) is 2.77. The molecule has 1 aliphatic rings. The lowest BCUT2D eigenvalue weighted by molar-refractivity contribution is 0.176. The summed E-state index contributed by atoms with van der Waals surface area (Å²) in [5, 5.41) is 12.6. The van der Waals surface area contributed by atoms with Crippen LogP contribution in [0.15, 0.2) is 24.3 Å². The average molecular weight is 306 g/mol. The van der Waals surface area contributed by atoms with Crippen molar-refractivity contribution < 1.29 is 4.79 Å². The fraction of sp³-hybridized carbons (Fsp3) is 0.500. The lowest BCUT2D eigenvalue weighted by atomic mass is 9.99. The van der Waals surface area contributed by atoms with Crippen LogP contribution in [-0.2, 0) is 6.42 Å². The van der Waals surface area contributed by atoms with Crippen molar-refractivity contribution in [2.45, 2.75) is 32.2 Å². The van der Waals surface area contributed by atoms with Crippen molar-refractivity contribution in [2.24, 2.45) is 5.92 Å². The second kappa shape index (κ2) is 7.33. The summed E-state index contributed by atoms with van der Waals surface area (Å²) in [4.78, 5) is 14.0. The van der Waals surface area contributed by atoms with Gasteiger partial charge in [0.1, 0.15) is 0 Å². The van der Waals surface area contributed by atoms with Crippen LogP contribution in [0.2, 0.25) is 5.02 Å². The summed E-state index contributed by atoms with van der Waals surface area (Å²) in [6, 6.07) is 9.92. The molecular formula is C16H20ClN3O. The Labute approximate surface area is 130 Å². The van der Waals surface area contributed by atoms with Gasteiger partial charge in [-0.05, 0) is 37.8 Å². The van der Waals surface area contributed by atoms with Gasteiger partial charge in [-0.15, -0.1) is 0 Å². The molecule has 1 fully saturated rings. The van der Waals surface area contributed by atoms with E-state index in [9.17, 15) is 4.79 Å². The summed E-state index contributed by atoms with van der Waals surface area (Å²) in [6.45, 7) is 3.29. The van der Waals surface area contributed by atoms with Crippen molar-refractivity contribution in [3.05, 3.63) is 34.9 Å². The van der Waals surface area contributed by atoms with Gasteiger partial charge in [-0.2, -0.15) is 5.26 Å². The van der Waals surface area contributed by atoms with Crippen LogP contribution in [-0.4, -0.2) is 30.1 Å². The number of nitrogens with one attached hydrogen (secondary N) is 1. The van der Waals surface area contributed by atoms with Crippen molar-refractivity contribution in [1.29, 1.82) is 5.26 Å². The zero-order valence-corrected chi connectivity index (χ0v) is 12.9. The Morgan fingerprint density at radius 1 is 1.48 bits per heavy atom. The van der Waals surface area contributed by atoms with E-state index in [0.29, 0.717) is 19.5 Å². The minimum absolute atomic E-state index is 0.0195. The number of benzene rings is 1. The number of amides is 2. The summed E-state index contributed by atoms with van der Waals surface area (Å²) in [5.41, 5.74) is 1.04. The molecule has 1 aromatic carbocycles. The normalized spacial score (nSPS) is 17.1. The molecule has 0 saturated carbocycles. The molecule has 0 bridgehead atoms. The standard InChI is InChI=1S/C16H20ClN3O/c1-12(10-14-4-2-3-5-15(14)17)19-16(21)20-8-6-13(11-18)7-9-20/h2-5,12-13H,6-10H2,1H3,(H,19,21)/t12-/m1/s1. The van der Waals surface area contributed by atoms with Crippen molar-refractivity contribution in [2.75, 3.05) is 13.1 Å². The Balaban J connectivity index is 1.83. The highest BCUT2D eigenvalue weighted by atomic mass is 35.5. The highest BCUT2D eigenvalue weighted by Crippen LogP contribution is 2.18. The van der Waals surface area contributed by atoms with E-state index in [2.05, 4.69) is 11.4 Å². The molecule has 4 nitrogen and oxygen atoms in total. The number of rotatable bonds is 3. The minimum Gasteiger partial charge on any atom is -0.335 e. The first-order valence-corrected chi connectivity index (χ1v) is 7.66. The maximum atomic E-state index is 12.2. The summed E-state index contributed by atoms with van der Waals surface area (Å²) in [7, 11) is 0. The number of piperidine rings is 1. The SMILES string of the molecule is C[C@H](Cc1ccccc1Cl)NC(=O)N1CCC(C#N)CC1. The number of urea groups is 1. The molecule has 0 aliphatic carbocycles. The molecule has 0 aromatic heterocycles. The largest absolute Gasteiger partial charge is 0.335 e. The number of carbonyl (C=O) groups is 1. The second-order valence-corrected chi connectivity index (χ2v) is 5.94. The quantitative estimate of drug-likeness (QED) is 0.932. The number of hydrogen-bond acceptors (Lipinski definition) is 2. The lowest BCUT2D eigenvalue weighted by Gasteiger charge is -2.30. The van der Waals surface area contributed by atoms with Gasteiger partial charge in [-0.25, -0.2) is 4.79 Å². The van der Waals surface area contributed by atoms with E-state index in [1.54, 1.807) is 4.90 Å². The van der Waals surface area contributed by atoms with Crippen LogP contribution in [0.5, 0.6) is 0 Å². The van der Waals surface area contributed by atoms with Gasteiger partial charge >= 0.3 is 6.03 Å². The maximum Gasteiger partial charge on any atom is 0.317 e. The predicted octanol–water partition coefficient (Wildman–Crippen LogP) is 3.22. The highest BCUT2D eigenvalue weighted by Gasteiger charge is 2.23. The van der Waals surface area contributed by atoms with Gasteiger partial charge in [0.2, 0.25) is 0 Å². The first kappa shape index (κ1) is 15.7. The number of hydrogen-bond donors (Lipinski definition) is 1. The van der Waals surface area contributed by atoms with Crippen LogP contribution in [0.4, 0.5) is 4.79 Å². The zero-order chi connectivity index (χ0) is 15.2. The molecule has 112 valence electrons. The number of carbonyl (C=O) groups excluding carboxylic acids is 1. The van der Waals surface area contributed by atoms with Crippen molar-refractivity contribution in [3.8, 4) is 6.07 Å².